The van der Waals surface area contributed by atoms with Gasteiger partial charge in [-0.2, -0.15) is 12.6 Å². The Balaban J connectivity index is 2.15. The zero-order chi connectivity index (χ0) is 8.86. The second-order valence-electron chi connectivity index (χ2n) is 4.28. The summed E-state index contributed by atoms with van der Waals surface area (Å²) in [5.41, 5.74) is 0.789. The lowest BCUT2D eigenvalue weighted by molar-refractivity contribution is 0.102. The van der Waals surface area contributed by atoms with Crippen molar-refractivity contribution in [2.45, 2.75) is 58.3 Å². The monoisotopic (exact) mass is 186 g/mol. The third kappa shape index (κ3) is 2.69. The molecule has 0 spiro atoms. The van der Waals surface area contributed by atoms with Crippen LogP contribution in [0.25, 0.3) is 0 Å². The number of hydrogen-bond donors (Lipinski definition) is 1. The van der Waals surface area contributed by atoms with Gasteiger partial charge in [0, 0.05) is 0 Å². The maximum atomic E-state index is 4.25. The first-order chi connectivity index (χ1) is 5.83. The summed E-state index contributed by atoms with van der Waals surface area (Å²) in [6.45, 7) is 2.32. The molecule has 0 nitrogen and oxygen atoms in total. The third-order valence-electron chi connectivity index (χ3n) is 3.31. The van der Waals surface area contributed by atoms with E-state index in [1.54, 1.807) is 0 Å². The molecule has 0 aromatic heterocycles. The molecule has 0 heterocycles. The molecule has 12 heavy (non-hydrogen) atoms. The zero-order valence-corrected chi connectivity index (χ0v) is 9.21. The van der Waals surface area contributed by atoms with E-state index in [1.807, 2.05) is 0 Å². The summed E-state index contributed by atoms with van der Waals surface area (Å²) in [6.07, 6.45) is 11.5. The average molecular weight is 186 g/mol. The Morgan fingerprint density at radius 3 is 2.33 bits per heavy atom. The Morgan fingerprint density at radius 1 is 1.17 bits per heavy atom. The SMILES string of the molecule is CCCC1(CCCCS)CCC1. The van der Waals surface area contributed by atoms with Gasteiger partial charge < -0.3 is 0 Å². The van der Waals surface area contributed by atoms with Crippen LogP contribution in [0.4, 0.5) is 0 Å². The van der Waals surface area contributed by atoms with Crippen LogP contribution in [0.1, 0.15) is 58.3 Å². The highest BCUT2D eigenvalue weighted by molar-refractivity contribution is 7.80. The summed E-state index contributed by atoms with van der Waals surface area (Å²) in [5.74, 6) is 1.07. The fraction of sp³-hybridized carbons (Fsp3) is 1.00. The average Bonchev–Trinajstić information content (AvgIpc) is 2.00. The second-order valence-corrected chi connectivity index (χ2v) is 4.73. The molecule has 0 aromatic rings. The van der Waals surface area contributed by atoms with Gasteiger partial charge >= 0.3 is 0 Å². The van der Waals surface area contributed by atoms with E-state index in [9.17, 15) is 0 Å². The van der Waals surface area contributed by atoms with Gasteiger partial charge in [0.15, 0.2) is 0 Å². The topological polar surface area (TPSA) is 0 Å². The van der Waals surface area contributed by atoms with Crippen molar-refractivity contribution in [2.75, 3.05) is 5.75 Å². The molecule has 1 fully saturated rings. The van der Waals surface area contributed by atoms with Crippen LogP contribution in [0.5, 0.6) is 0 Å². The normalized spacial score (nSPS) is 20.5. The van der Waals surface area contributed by atoms with E-state index in [4.69, 9.17) is 0 Å². The molecular formula is C11H22S. The predicted octanol–water partition coefficient (Wildman–Crippen LogP) is 4.06. The molecule has 0 saturated heterocycles. The van der Waals surface area contributed by atoms with Crippen molar-refractivity contribution >= 4 is 12.6 Å². The molecule has 1 aliphatic carbocycles. The van der Waals surface area contributed by atoms with Gasteiger partial charge in [-0.05, 0) is 43.3 Å². The van der Waals surface area contributed by atoms with Crippen LogP contribution in [-0.2, 0) is 0 Å². The highest BCUT2D eigenvalue weighted by Crippen LogP contribution is 2.48. The number of thiol groups is 1. The van der Waals surface area contributed by atoms with E-state index in [0.29, 0.717) is 0 Å². The fourth-order valence-corrected chi connectivity index (χ4v) is 2.67. The van der Waals surface area contributed by atoms with Crippen LogP contribution >= 0.6 is 12.6 Å². The minimum Gasteiger partial charge on any atom is -0.179 e. The van der Waals surface area contributed by atoms with Crippen molar-refractivity contribution in [3.63, 3.8) is 0 Å². The van der Waals surface area contributed by atoms with Gasteiger partial charge in [-0.15, -0.1) is 0 Å². The highest BCUT2D eigenvalue weighted by atomic mass is 32.1. The Hall–Kier alpha value is 0.350. The maximum absolute atomic E-state index is 4.25. The molecule has 0 aliphatic heterocycles. The summed E-state index contributed by atoms with van der Waals surface area (Å²) in [5, 5.41) is 0. The summed E-state index contributed by atoms with van der Waals surface area (Å²) in [7, 11) is 0. The molecular weight excluding hydrogens is 164 g/mol. The van der Waals surface area contributed by atoms with Crippen molar-refractivity contribution in [1.29, 1.82) is 0 Å². The van der Waals surface area contributed by atoms with Crippen molar-refractivity contribution < 1.29 is 0 Å². The van der Waals surface area contributed by atoms with Crippen molar-refractivity contribution in [3.8, 4) is 0 Å². The quantitative estimate of drug-likeness (QED) is 0.469. The van der Waals surface area contributed by atoms with Gasteiger partial charge in [-0.1, -0.05) is 26.2 Å². The van der Waals surface area contributed by atoms with Crippen LogP contribution in [0, 0.1) is 5.41 Å². The Labute approximate surface area is 82.5 Å². The minimum atomic E-state index is 0.789. The zero-order valence-electron chi connectivity index (χ0n) is 8.31. The maximum Gasteiger partial charge on any atom is -0.00979 e. The molecule has 0 radical (unpaired) electrons. The second kappa shape index (κ2) is 5.16. The van der Waals surface area contributed by atoms with Gasteiger partial charge in [-0.3, -0.25) is 0 Å². The third-order valence-corrected chi connectivity index (χ3v) is 3.63. The number of unbranched alkanes of at least 4 members (excludes halogenated alkanes) is 1. The molecule has 0 bridgehead atoms. The lowest BCUT2D eigenvalue weighted by Gasteiger charge is -2.42. The van der Waals surface area contributed by atoms with Crippen molar-refractivity contribution in [2.24, 2.45) is 5.41 Å². The van der Waals surface area contributed by atoms with Crippen LogP contribution in [0.15, 0.2) is 0 Å². The highest BCUT2D eigenvalue weighted by Gasteiger charge is 2.34. The molecule has 1 saturated carbocycles. The van der Waals surface area contributed by atoms with Gasteiger partial charge in [0.05, 0.1) is 0 Å². The Bertz CT molecular complexity index is 116. The van der Waals surface area contributed by atoms with Crippen molar-refractivity contribution in [3.05, 3.63) is 0 Å². The predicted molar refractivity (Wildman–Crippen MR) is 58.9 cm³/mol. The standard InChI is InChI=1S/C11H22S/c1-2-6-11(8-5-9-11)7-3-4-10-12/h12H,2-10H2,1H3. The summed E-state index contributed by atoms with van der Waals surface area (Å²) < 4.78 is 0. The van der Waals surface area contributed by atoms with Gasteiger partial charge in [0.1, 0.15) is 0 Å². The molecule has 0 aromatic carbocycles. The largest absolute Gasteiger partial charge is 0.179 e. The van der Waals surface area contributed by atoms with Gasteiger partial charge in [0.2, 0.25) is 0 Å². The molecule has 0 atom stereocenters. The van der Waals surface area contributed by atoms with Gasteiger partial charge in [0.25, 0.3) is 0 Å². The molecule has 1 rings (SSSR count). The first-order valence-corrected chi connectivity index (χ1v) is 6.07. The van der Waals surface area contributed by atoms with Crippen LogP contribution in [0.3, 0.4) is 0 Å². The first-order valence-electron chi connectivity index (χ1n) is 5.44. The molecule has 1 aliphatic rings. The molecule has 1 heteroatoms. The van der Waals surface area contributed by atoms with E-state index in [0.717, 1.165) is 11.2 Å². The van der Waals surface area contributed by atoms with Gasteiger partial charge in [-0.25, -0.2) is 0 Å². The lowest BCUT2D eigenvalue weighted by atomic mass is 9.63. The van der Waals surface area contributed by atoms with Crippen LogP contribution in [-0.4, -0.2) is 5.75 Å². The van der Waals surface area contributed by atoms with E-state index >= 15 is 0 Å². The first kappa shape index (κ1) is 10.4. The Kier molecular flexibility index (Phi) is 4.49. The van der Waals surface area contributed by atoms with Crippen molar-refractivity contribution in [1.82, 2.24) is 0 Å². The number of hydrogen-bond acceptors (Lipinski definition) is 1. The van der Waals surface area contributed by atoms with E-state index in [1.165, 1.54) is 51.4 Å². The molecule has 0 unspecified atom stereocenters. The summed E-state index contributed by atoms with van der Waals surface area (Å²) in [4.78, 5) is 0. The lowest BCUT2D eigenvalue weighted by Crippen LogP contribution is -2.29. The molecule has 0 N–H and O–H groups in total. The molecule has 72 valence electrons. The Morgan fingerprint density at radius 2 is 1.92 bits per heavy atom. The smallest absolute Gasteiger partial charge is 0.00979 e. The molecule has 0 amide bonds. The minimum absolute atomic E-state index is 0.789. The van der Waals surface area contributed by atoms with Crippen LogP contribution in [0.2, 0.25) is 0 Å². The fourth-order valence-electron chi connectivity index (χ4n) is 2.44. The summed E-state index contributed by atoms with van der Waals surface area (Å²) in [6, 6.07) is 0. The van der Waals surface area contributed by atoms with E-state index in [2.05, 4.69) is 19.6 Å². The number of rotatable bonds is 6. The summed E-state index contributed by atoms with van der Waals surface area (Å²) >= 11 is 4.25. The van der Waals surface area contributed by atoms with E-state index < -0.39 is 0 Å². The van der Waals surface area contributed by atoms with Crippen LogP contribution < -0.4 is 0 Å². The van der Waals surface area contributed by atoms with E-state index in [-0.39, 0.29) is 0 Å².